The molecule has 1 aliphatic heterocycles. The molecule has 1 amide bonds. The minimum Gasteiger partial charge on any atom is -0.387 e. The minimum absolute atomic E-state index is 0.0546. The second-order valence-electron chi connectivity index (χ2n) is 5.38. The average Bonchev–Trinajstić information content (AvgIpc) is 2.83. The Morgan fingerprint density at radius 2 is 2.26 bits per heavy atom. The minimum atomic E-state index is -0.208. The quantitative estimate of drug-likeness (QED) is 0.875. The number of carbonyl (C=O) groups is 1. The fourth-order valence-electron chi connectivity index (χ4n) is 2.40. The summed E-state index contributed by atoms with van der Waals surface area (Å²) in [5, 5.41) is 6.03. The molecule has 0 aromatic heterocycles. The van der Waals surface area contributed by atoms with E-state index in [0.29, 0.717) is 12.1 Å². The van der Waals surface area contributed by atoms with Gasteiger partial charge in [-0.15, -0.1) is 0 Å². The molecule has 0 bridgehead atoms. The van der Waals surface area contributed by atoms with Crippen LogP contribution in [0, 0.1) is 6.92 Å². The van der Waals surface area contributed by atoms with Crippen LogP contribution in [0.2, 0.25) is 0 Å². The van der Waals surface area contributed by atoms with Crippen LogP contribution in [0.3, 0.4) is 0 Å². The van der Waals surface area contributed by atoms with Crippen LogP contribution in [0.5, 0.6) is 0 Å². The summed E-state index contributed by atoms with van der Waals surface area (Å²) >= 11 is 0. The van der Waals surface area contributed by atoms with Crippen molar-refractivity contribution in [2.75, 3.05) is 25.5 Å². The van der Waals surface area contributed by atoms with Crippen LogP contribution in [0.25, 0.3) is 0 Å². The van der Waals surface area contributed by atoms with Gasteiger partial charge in [0.1, 0.15) is 0 Å². The van der Waals surface area contributed by atoms with Crippen LogP contribution < -0.4 is 10.6 Å². The van der Waals surface area contributed by atoms with Gasteiger partial charge in [0.25, 0.3) is 5.91 Å². The highest BCUT2D eigenvalue weighted by molar-refractivity contribution is 5.99. The Kier molecular flexibility index (Phi) is 4.10. The van der Waals surface area contributed by atoms with E-state index in [2.05, 4.69) is 17.6 Å². The van der Waals surface area contributed by atoms with Crippen molar-refractivity contribution in [3.05, 3.63) is 29.3 Å². The first-order valence-corrected chi connectivity index (χ1v) is 6.75. The van der Waals surface area contributed by atoms with E-state index in [1.54, 1.807) is 0 Å². The van der Waals surface area contributed by atoms with Crippen LogP contribution in [0.15, 0.2) is 18.2 Å². The first-order chi connectivity index (χ1) is 9.04. The third kappa shape index (κ3) is 3.26. The fourth-order valence-corrected chi connectivity index (χ4v) is 2.40. The molecule has 0 aliphatic carbocycles. The normalized spacial score (nSPS) is 22.3. The lowest BCUT2D eigenvalue weighted by atomic mass is 10.0. The Balaban J connectivity index is 2.03. The van der Waals surface area contributed by atoms with Crippen molar-refractivity contribution in [3.8, 4) is 0 Å². The summed E-state index contributed by atoms with van der Waals surface area (Å²) in [4.78, 5) is 12.2. The summed E-state index contributed by atoms with van der Waals surface area (Å²) in [7, 11) is 1.83. The number of benzene rings is 1. The highest BCUT2D eigenvalue weighted by atomic mass is 16.5. The van der Waals surface area contributed by atoms with Crippen molar-refractivity contribution >= 4 is 11.6 Å². The van der Waals surface area contributed by atoms with Gasteiger partial charge in [0.2, 0.25) is 0 Å². The average molecular weight is 262 g/mol. The maximum absolute atomic E-state index is 12.2. The summed E-state index contributed by atoms with van der Waals surface area (Å²) in [5.74, 6) is -0.0546. The molecule has 2 N–H and O–H groups in total. The Labute approximate surface area is 114 Å². The molecule has 1 fully saturated rings. The van der Waals surface area contributed by atoms with E-state index < -0.39 is 0 Å². The SMILES string of the molecule is CNc1cc(C)ccc1C(=O)NCC1(C)CCCO1. The van der Waals surface area contributed by atoms with Crippen molar-refractivity contribution < 1.29 is 9.53 Å². The zero-order valence-electron chi connectivity index (χ0n) is 11.9. The van der Waals surface area contributed by atoms with E-state index in [1.807, 2.05) is 32.2 Å². The first kappa shape index (κ1) is 13.9. The maximum Gasteiger partial charge on any atom is 0.253 e. The number of aryl methyl sites for hydroxylation is 1. The molecule has 4 heteroatoms. The van der Waals surface area contributed by atoms with Gasteiger partial charge in [-0.05, 0) is 44.4 Å². The highest BCUT2D eigenvalue weighted by Crippen LogP contribution is 2.24. The third-order valence-electron chi connectivity index (χ3n) is 3.61. The van der Waals surface area contributed by atoms with Crippen molar-refractivity contribution in [2.24, 2.45) is 0 Å². The Morgan fingerprint density at radius 1 is 1.47 bits per heavy atom. The Bertz CT molecular complexity index is 465. The fraction of sp³-hybridized carbons (Fsp3) is 0.533. The van der Waals surface area contributed by atoms with Crippen LogP contribution in [0.1, 0.15) is 35.7 Å². The van der Waals surface area contributed by atoms with Gasteiger partial charge in [-0.25, -0.2) is 0 Å². The van der Waals surface area contributed by atoms with Gasteiger partial charge in [0.05, 0.1) is 11.2 Å². The van der Waals surface area contributed by atoms with Gasteiger partial charge >= 0.3 is 0 Å². The second kappa shape index (κ2) is 5.61. The van der Waals surface area contributed by atoms with Crippen molar-refractivity contribution in [3.63, 3.8) is 0 Å². The number of anilines is 1. The standard InChI is InChI=1S/C15H22N2O2/c1-11-5-6-12(13(9-11)16-3)14(18)17-10-15(2)7-4-8-19-15/h5-6,9,16H,4,7-8,10H2,1-3H3,(H,17,18). The predicted octanol–water partition coefficient (Wildman–Crippen LogP) is 2.34. The van der Waals surface area contributed by atoms with E-state index in [0.717, 1.165) is 30.7 Å². The van der Waals surface area contributed by atoms with E-state index in [9.17, 15) is 4.79 Å². The molecule has 1 aliphatic rings. The van der Waals surface area contributed by atoms with Crippen LogP contribution >= 0.6 is 0 Å². The van der Waals surface area contributed by atoms with Gasteiger partial charge in [-0.2, -0.15) is 0 Å². The lowest BCUT2D eigenvalue weighted by molar-refractivity contribution is 0.0206. The molecule has 4 nitrogen and oxygen atoms in total. The summed E-state index contributed by atoms with van der Waals surface area (Å²) in [6.07, 6.45) is 2.07. The van der Waals surface area contributed by atoms with Crippen LogP contribution in [0.4, 0.5) is 5.69 Å². The lowest BCUT2D eigenvalue weighted by Gasteiger charge is -2.23. The van der Waals surface area contributed by atoms with Gasteiger partial charge in [0.15, 0.2) is 0 Å². The molecule has 1 aromatic carbocycles. The number of nitrogens with one attached hydrogen (secondary N) is 2. The second-order valence-corrected chi connectivity index (χ2v) is 5.38. The van der Waals surface area contributed by atoms with E-state index in [1.165, 1.54) is 0 Å². The number of carbonyl (C=O) groups excluding carboxylic acids is 1. The summed E-state index contributed by atoms with van der Waals surface area (Å²) < 4.78 is 5.67. The summed E-state index contributed by atoms with van der Waals surface area (Å²) in [6, 6.07) is 5.78. The number of hydrogen-bond acceptors (Lipinski definition) is 3. The molecule has 1 unspecified atom stereocenters. The van der Waals surface area contributed by atoms with Gasteiger partial charge in [-0.3, -0.25) is 4.79 Å². The molecule has 0 radical (unpaired) electrons. The Hall–Kier alpha value is -1.55. The topological polar surface area (TPSA) is 50.4 Å². The number of rotatable bonds is 4. The number of hydrogen-bond donors (Lipinski definition) is 2. The van der Waals surface area contributed by atoms with E-state index in [-0.39, 0.29) is 11.5 Å². The van der Waals surface area contributed by atoms with E-state index >= 15 is 0 Å². The highest BCUT2D eigenvalue weighted by Gasteiger charge is 2.30. The van der Waals surface area contributed by atoms with E-state index in [4.69, 9.17) is 4.74 Å². The largest absolute Gasteiger partial charge is 0.387 e. The predicted molar refractivity (Wildman–Crippen MR) is 76.6 cm³/mol. The first-order valence-electron chi connectivity index (χ1n) is 6.75. The number of amides is 1. The van der Waals surface area contributed by atoms with Crippen molar-refractivity contribution in [1.82, 2.24) is 5.32 Å². The van der Waals surface area contributed by atoms with Crippen LogP contribution in [-0.2, 0) is 4.74 Å². The molecule has 19 heavy (non-hydrogen) atoms. The molecular formula is C15H22N2O2. The Morgan fingerprint density at radius 3 is 2.89 bits per heavy atom. The van der Waals surface area contributed by atoms with Crippen molar-refractivity contribution in [2.45, 2.75) is 32.3 Å². The molecule has 2 rings (SSSR count). The zero-order valence-corrected chi connectivity index (χ0v) is 11.9. The molecule has 0 spiro atoms. The molecule has 1 aromatic rings. The van der Waals surface area contributed by atoms with Gasteiger partial charge < -0.3 is 15.4 Å². The zero-order chi connectivity index (χ0) is 13.9. The molecule has 1 atom stereocenters. The molecule has 1 saturated heterocycles. The monoisotopic (exact) mass is 262 g/mol. The summed E-state index contributed by atoms with van der Waals surface area (Å²) in [5.41, 5.74) is 2.46. The smallest absolute Gasteiger partial charge is 0.253 e. The maximum atomic E-state index is 12.2. The summed E-state index contributed by atoms with van der Waals surface area (Å²) in [6.45, 7) is 5.41. The van der Waals surface area contributed by atoms with Crippen LogP contribution in [-0.4, -0.2) is 31.7 Å². The molecule has 104 valence electrons. The molecule has 0 saturated carbocycles. The van der Waals surface area contributed by atoms with Gasteiger partial charge in [0, 0.05) is 25.9 Å². The van der Waals surface area contributed by atoms with Gasteiger partial charge in [-0.1, -0.05) is 6.07 Å². The molecular weight excluding hydrogens is 240 g/mol. The number of ether oxygens (including phenoxy) is 1. The lowest BCUT2D eigenvalue weighted by Crippen LogP contribution is -2.40. The molecule has 1 heterocycles. The van der Waals surface area contributed by atoms with Crippen molar-refractivity contribution in [1.29, 1.82) is 0 Å². The third-order valence-corrected chi connectivity index (χ3v) is 3.61.